The second-order valence-electron chi connectivity index (χ2n) is 5.30. The largest absolute Gasteiger partial charge is 0.368 e. The lowest BCUT2D eigenvalue weighted by molar-refractivity contribution is -0.122. The van der Waals surface area contributed by atoms with Gasteiger partial charge in [-0.2, -0.15) is 4.31 Å². The van der Waals surface area contributed by atoms with Crippen LogP contribution in [-0.2, 0) is 27.1 Å². The van der Waals surface area contributed by atoms with Gasteiger partial charge in [-0.05, 0) is 24.0 Å². The number of nitrogens with zero attached hydrogens (tertiary/aromatic N) is 1. The van der Waals surface area contributed by atoms with E-state index in [1.54, 1.807) is 12.1 Å². The van der Waals surface area contributed by atoms with Crippen LogP contribution in [0.3, 0.4) is 0 Å². The number of carbonyl (C=O) groups excluding carboxylic acids is 1. The van der Waals surface area contributed by atoms with Crippen molar-refractivity contribution in [3.63, 3.8) is 0 Å². The molecule has 6 nitrogen and oxygen atoms in total. The maximum Gasteiger partial charge on any atom is 0.235 e. The molecule has 1 fully saturated rings. The van der Waals surface area contributed by atoms with Gasteiger partial charge < -0.3 is 11.5 Å². The van der Waals surface area contributed by atoms with Gasteiger partial charge >= 0.3 is 0 Å². The molecular weight excluding hydrogens is 290 g/mol. The summed E-state index contributed by atoms with van der Waals surface area (Å²) in [6, 6.07) is 6.41. The van der Waals surface area contributed by atoms with Crippen LogP contribution in [0.25, 0.3) is 0 Å². The third-order valence-electron chi connectivity index (χ3n) is 3.75. The van der Waals surface area contributed by atoms with Gasteiger partial charge in [0.1, 0.15) is 6.04 Å². The molecule has 1 unspecified atom stereocenters. The Labute approximate surface area is 125 Å². The number of hydrogen-bond donors (Lipinski definition) is 2. The molecule has 4 N–H and O–H groups in total. The Morgan fingerprint density at radius 2 is 1.81 bits per heavy atom. The minimum absolute atomic E-state index is 0.123. The quantitative estimate of drug-likeness (QED) is 0.816. The molecule has 0 aliphatic carbocycles. The molecular formula is C14H21N3O3S. The van der Waals surface area contributed by atoms with Crippen LogP contribution in [0.1, 0.15) is 30.4 Å². The Morgan fingerprint density at radius 1 is 1.19 bits per heavy atom. The van der Waals surface area contributed by atoms with Crippen LogP contribution in [0.4, 0.5) is 0 Å². The van der Waals surface area contributed by atoms with Crippen molar-refractivity contribution in [1.29, 1.82) is 0 Å². The summed E-state index contributed by atoms with van der Waals surface area (Å²) in [6.45, 7) is 0.778. The van der Waals surface area contributed by atoms with Gasteiger partial charge in [-0.3, -0.25) is 4.79 Å². The first kappa shape index (κ1) is 15.9. The summed E-state index contributed by atoms with van der Waals surface area (Å²) in [7, 11) is -3.55. The number of hydrogen-bond acceptors (Lipinski definition) is 4. The molecule has 116 valence electrons. The summed E-state index contributed by atoms with van der Waals surface area (Å²) in [6.07, 6.45) is 2.08. The van der Waals surface area contributed by atoms with Gasteiger partial charge in [0, 0.05) is 13.1 Å². The first-order valence-electron chi connectivity index (χ1n) is 7.01. The molecule has 1 aromatic carbocycles. The first-order valence-corrected chi connectivity index (χ1v) is 8.61. The highest BCUT2D eigenvalue weighted by Gasteiger charge is 2.35. The lowest BCUT2D eigenvalue weighted by Crippen LogP contribution is -2.50. The van der Waals surface area contributed by atoms with E-state index in [2.05, 4.69) is 0 Å². The monoisotopic (exact) mass is 311 g/mol. The van der Waals surface area contributed by atoms with Crippen LogP contribution in [0.5, 0.6) is 0 Å². The van der Waals surface area contributed by atoms with Gasteiger partial charge in [0.25, 0.3) is 0 Å². The summed E-state index contributed by atoms with van der Waals surface area (Å²) in [5.74, 6) is -0.696. The number of benzene rings is 1. The van der Waals surface area contributed by atoms with Crippen molar-refractivity contribution in [2.75, 3.05) is 6.54 Å². The van der Waals surface area contributed by atoms with Gasteiger partial charge in [0.2, 0.25) is 15.9 Å². The molecule has 1 aromatic rings. The number of amides is 1. The number of primary amides is 1. The number of nitrogens with two attached hydrogens (primary N) is 2. The fraction of sp³-hybridized carbons (Fsp3) is 0.500. The normalized spacial score (nSPS) is 20.3. The molecule has 0 radical (unpaired) electrons. The van der Waals surface area contributed by atoms with Gasteiger partial charge in [-0.15, -0.1) is 0 Å². The van der Waals surface area contributed by atoms with Crippen molar-refractivity contribution < 1.29 is 13.2 Å². The Kier molecular flexibility index (Phi) is 4.97. The van der Waals surface area contributed by atoms with Crippen LogP contribution in [0.2, 0.25) is 0 Å². The molecule has 1 aliphatic rings. The molecule has 0 saturated carbocycles. The van der Waals surface area contributed by atoms with Gasteiger partial charge in [-0.1, -0.05) is 30.7 Å². The van der Waals surface area contributed by atoms with Crippen LogP contribution >= 0.6 is 0 Å². The van der Waals surface area contributed by atoms with Crippen LogP contribution < -0.4 is 11.5 Å². The van der Waals surface area contributed by atoms with E-state index in [1.807, 2.05) is 12.1 Å². The molecule has 0 aromatic heterocycles. The lowest BCUT2D eigenvalue weighted by Gasteiger charge is -2.32. The standard InChI is InChI=1S/C14H21N3O3S/c15-9-11-4-6-12(7-5-11)10-21(19,20)17-8-2-1-3-13(17)14(16)18/h4-7,13H,1-3,8-10,15H2,(H2,16,18). The second kappa shape index (κ2) is 6.55. The molecule has 1 aliphatic heterocycles. The maximum absolute atomic E-state index is 12.5. The Balaban J connectivity index is 2.17. The fourth-order valence-corrected chi connectivity index (χ4v) is 4.37. The zero-order valence-corrected chi connectivity index (χ0v) is 12.7. The molecule has 0 spiro atoms. The molecule has 1 heterocycles. The zero-order chi connectivity index (χ0) is 15.5. The van der Waals surface area contributed by atoms with E-state index in [9.17, 15) is 13.2 Å². The summed E-state index contributed by atoms with van der Waals surface area (Å²) < 4.78 is 26.3. The summed E-state index contributed by atoms with van der Waals surface area (Å²) >= 11 is 0. The van der Waals surface area contributed by atoms with Crippen LogP contribution in [-0.4, -0.2) is 31.2 Å². The molecule has 0 bridgehead atoms. The molecule has 1 amide bonds. The molecule has 1 saturated heterocycles. The summed E-state index contributed by atoms with van der Waals surface area (Å²) in [5, 5.41) is 0. The van der Waals surface area contributed by atoms with Crippen molar-refractivity contribution in [2.24, 2.45) is 11.5 Å². The van der Waals surface area contributed by atoms with Crippen LogP contribution in [0, 0.1) is 0 Å². The molecule has 7 heteroatoms. The third-order valence-corrected chi connectivity index (χ3v) is 5.60. The lowest BCUT2D eigenvalue weighted by atomic mass is 10.0. The Morgan fingerprint density at radius 3 is 2.38 bits per heavy atom. The maximum atomic E-state index is 12.5. The van der Waals surface area contributed by atoms with E-state index < -0.39 is 22.0 Å². The minimum atomic E-state index is -3.55. The van der Waals surface area contributed by atoms with E-state index in [4.69, 9.17) is 11.5 Å². The van der Waals surface area contributed by atoms with Gasteiger partial charge in [0.05, 0.1) is 5.75 Å². The fourth-order valence-electron chi connectivity index (χ4n) is 2.59. The van der Waals surface area contributed by atoms with E-state index in [-0.39, 0.29) is 5.75 Å². The smallest absolute Gasteiger partial charge is 0.235 e. The van der Waals surface area contributed by atoms with Crippen LogP contribution in [0.15, 0.2) is 24.3 Å². The van der Waals surface area contributed by atoms with E-state index in [0.717, 1.165) is 18.4 Å². The molecule has 2 rings (SSSR count). The zero-order valence-electron chi connectivity index (χ0n) is 11.9. The third kappa shape index (κ3) is 3.81. The average molecular weight is 311 g/mol. The van der Waals surface area contributed by atoms with Crippen molar-refractivity contribution in [3.05, 3.63) is 35.4 Å². The van der Waals surface area contributed by atoms with Crippen molar-refractivity contribution in [2.45, 2.75) is 37.6 Å². The highest BCUT2D eigenvalue weighted by molar-refractivity contribution is 7.88. The number of carbonyl (C=O) groups is 1. The van der Waals surface area contributed by atoms with E-state index >= 15 is 0 Å². The first-order chi connectivity index (χ1) is 9.94. The van der Waals surface area contributed by atoms with Gasteiger partial charge in [-0.25, -0.2) is 8.42 Å². The SMILES string of the molecule is NCc1ccc(CS(=O)(=O)N2CCCCC2C(N)=O)cc1. The topological polar surface area (TPSA) is 106 Å². The highest BCUT2D eigenvalue weighted by atomic mass is 32.2. The predicted molar refractivity (Wildman–Crippen MR) is 80.5 cm³/mol. The number of sulfonamides is 1. The Bertz CT molecular complexity index is 598. The summed E-state index contributed by atoms with van der Waals surface area (Å²) in [4.78, 5) is 11.4. The van der Waals surface area contributed by atoms with Crippen molar-refractivity contribution in [1.82, 2.24) is 4.31 Å². The number of rotatable bonds is 5. The number of piperidine rings is 1. The van der Waals surface area contributed by atoms with Crippen molar-refractivity contribution in [3.8, 4) is 0 Å². The van der Waals surface area contributed by atoms with Gasteiger partial charge in [0.15, 0.2) is 0 Å². The average Bonchev–Trinajstić information content (AvgIpc) is 2.47. The van der Waals surface area contributed by atoms with E-state index in [1.165, 1.54) is 4.31 Å². The summed E-state index contributed by atoms with van der Waals surface area (Å²) in [5.41, 5.74) is 12.5. The predicted octanol–water partition coefficient (Wildman–Crippen LogP) is 0.315. The van der Waals surface area contributed by atoms with Crippen molar-refractivity contribution >= 4 is 15.9 Å². The molecule has 21 heavy (non-hydrogen) atoms. The van der Waals surface area contributed by atoms with E-state index in [0.29, 0.717) is 25.1 Å². The Hall–Kier alpha value is -1.44. The second-order valence-corrected chi connectivity index (χ2v) is 7.22. The minimum Gasteiger partial charge on any atom is -0.368 e. The molecule has 1 atom stereocenters. The highest BCUT2D eigenvalue weighted by Crippen LogP contribution is 2.22.